The summed E-state index contributed by atoms with van der Waals surface area (Å²) in [6, 6.07) is 13.1. The zero-order chi connectivity index (χ0) is 13.2. The standard InChI is InChI=1S/C15H12N2O2/c16-15(18)12-4-1-10(2-5-12)13-6-3-11-7-8-17-19-14(11)9-13/h1-9,17H,(H2,16,18). The molecule has 2 aromatic rings. The molecule has 4 nitrogen and oxygen atoms in total. The van der Waals surface area contributed by atoms with Crippen molar-refractivity contribution < 1.29 is 9.63 Å². The highest BCUT2D eigenvalue weighted by molar-refractivity contribution is 5.93. The SMILES string of the molecule is NC(=O)c1ccc(-c2ccc3c(c2)ONC=C3)cc1. The van der Waals surface area contributed by atoms with Crippen LogP contribution in [0, 0.1) is 0 Å². The fraction of sp³-hybridized carbons (Fsp3) is 0. The van der Waals surface area contributed by atoms with Gasteiger partial charge in [-0.3, -0.25) is 4.79 Å². The van der Waals surface area contributed by atoms with Gasteiger partial charge in [0, 0.05) is 17.3 Å². The van der Waals surface area contributed by atoms with E-state index in [-0.39, 0.29) is 0 Å². The lowest BCUT2D eigenvalue weighted by atomic mass is 10.0. The van der Waals surface area contributed by atoms with E-state index < -0.39 is 5.91 Å². The lowest BCUT2D eigenvalue weighted by molar-refractivity contribution is 0.100. The predicted molar refractivity (Wildman–Crippen MR) is 73.2 cm³/mol. The van der Waals surface area contributed by atoms with Gasteiger partial charge in [0.15, 0.2) is 5.75 Å². The molecule has 0 aliphatic carbocycles. The van der Waals surface area contributed by atoms with E-state index in [0.717, 1.165) is 22.4 Å². The molecule has 0 atom stereocenters. The molecule has 1 aliphatic heterocycles. The fourth-order valence-electron chi connectivity index (χ4n) is 1.99. The highest BCUT2D eigenvalue weighted by Gasteiger charge is 2.08. The smallest absolute Gasteiger partial charge is 0.248 e. The highest BCUT2D eigenvalue weighted by atomic mass is 16.6. The van der Waals surface area contributed by atoms with Gasteiger partial charge in [0.2, 0.25) is 5.91 Å². The Kier molecular flexibility index (Phi) is 2.68. The van der Waals surface area contributed by atoms with E-state index in [2.05, 4.69) is 5.48 Å². The molecule has 3 N–H and O–H groups in total. The third-order valence-electron chi connectivity index (χ3n) is 3.02. The number of rotatable bonds is 2. The molecule has 94 valence electrons. The van der Waals surface area contributed by atoms with Crippen LogP contribution in [0.1, 0.15) is 15.9 Å². The molecule has 1 aliphatic rings. The first-order valence-corrected chi connectivity index (χ1v) is 5.87. The van der Waals surface area contributed by atoms with Gasteiger partial charge in [0.25, 0.3) is 0 Å². The Hall–Kier alpha value is -2.75. The van der Waals surface area contributed by atoms with Gasteiger partial charge < -0.3 is 10.6 Å². The summed E-state index contributed by atoms with van der Waals surface area (Å²) in [5.74, 6) is 0.355. The number of hydrogen-bond donors (Lipinski definition) is 2. The minimum Gasteiger partial charge on any atom is -0.382 e. The van der Waals surface area contributed by atoms with Crippen molar-refractivity contribution in [1.82, 2.24) is 5.48 Å². The number of primary amides is 1. The Morgan fingerprint density at radius 1 is 1.05 bits per heavy atom. The maximum atomic E-state index is 11.0. The molecule has 0 saturated heterocycles. The van der Waals surface area contributed by atoms with Crippen molar-refractivity contribution in [3.63, 3.8) is 0 Å². The zero-order valence-electron chi connectivity index (χ0n) is 10.1. The number of hydroxylamine groups is 1. The van der Waals surface area contributed by atoms with E-state index in [1.54, 1.807) is 18.3 Å². The molecule has 0 bridgehead atoms. The van der Waals surface area contributed by atoms with Crippen molar-refractivity contribution >= 4 is 12.0 Å². The average Bonchev–Trinajstić information content (AvgIpc) is 2.47. The number of benzene rings is 2. The Morgan fingerprint density at radius 3 is 2.53 bits per heavy atom. The molecular formula is C15H12N2O2. The maximum Gasteiger partial charge on any atom is 0.248 e. The third kappa shape index (κ3) is 2.15. The zero-order valence-corrected chi connectivity index (χ0v) is 10.1. The summed E-state index contributed by atoms with van der Waals surface area (Å²) in [6.07, 6.45) is 3.68. The van der Waals surface area contributed by atoms with Gasteiger partial charge in [-0.15, -0.1) is 0 Å². The molecule has 2 aromatic carbocycles. The van der Waals surface area contributed by atoms with Gasteiger partial charge in [-0.2, -0.15) is 0 Å². The first-order chi connectivity index (χ1) is 9.24. The molecule has 0 saturated carbocycles. The summed E-state index contributed by atoms with van der Waals surface area (Å²) >= 11 is 0. The van der Waals surface area contributed by atoms with E-state index >= 15 is 0 Å². The Balaban J connectivity index is 1.98. The van der Waals surface area contributed by atoms with E-state index in [9.17, 15) is 4.79 Å². The van der Waals surface area contributed by atoms with Crippen LogP contribution in [0.3, 0.4) is 0 Å². The largest absolute Gasteiger partial charge is 0.382 e. The Bertz CT molecular complexity index is 660. The molecular weight excluding hydrogens is 240 g/mol. The van der Waals surface area contributed by atoms with Crippen LogP contribution in [0.5, 0.6) is 5.75 Å². The lowest BCUT2D eigenvalue weighted by Crippen LogP contribution is -2.14. The first-order valence-electron chi connectivity index (χ1n) is 5.87. The van der Waals surface area contributed by atoms with Crippen molar-refractivity contribution in [1.29, 1.82) is 0 Å². The number of carbonyl (C=O) groups excluding carboxylic acids is 1. The summed E-state index contributed by atoms with van der Waals surface area (Å²) in [5.41, 5.74) is 11.5. The van der Waals surface area contributed by atoms with Crippen LogP contribution in [-0.2, 0) is 0 Å². The van der Waals surface area contributed by atoms with Crippen molar-refractivity contribution in [2.45, 2.75) is 0 Å². The molecule has 0 unspecified atom stereocenters. The first kappa shape index (κ1) is 11.3. The van der Waals surface area contributed by atoms with E-state index in [0.29, 0.717) is 5.56 Å². The van der Waals surface area contributed by atoms with Gasteiger partial charge in [0.1, 0.15) is 0 Å². The normalized spacial score (nSPS) is 12.2. The van der Waals surface area contributed by atoms with E-state index in [1.807, 2.05) is 36.4 Å². The van der Waals surface area contributed by atoms with Crippen LogP contribution >= 0.6 is 0 Å². The third-order valence-corrected chi connectivity index (χ3v) is 3.02. The minimum absolute atomic E-state index is 0.422. The molecule has 0 fully saturated rings. The van der Waals surface area contributed by atoms with E-state index in [1.165, 1.54) is 0 Å². The highest BCUT2D eigenvalue weighted by Crippen LogP contribution is 2.29. The fourth-order valence-corrected chi connectivity index (χ4v) is 1.99. The van der Waals surface area contributed by atoms with Crippen molar-refractivity contribution in [3.8, 4) is 16.9 Å². The second kappa shape index (κ2) is 4.49. The van der Waals surface area contributed by atoms with Gasteiger partial charge >= 0.3 is 0 Å². The maximum absolute atomic E-state index is 11.0. The van der Waals surface area contributed by atoms with Crippen LogP contribution < -0.4 is 16.1 Å². The van der Waals surface area contributed by atoms with Crippen molar-refractivity contribution in [2.24, 2.45) is 5.73 Å². The number of hydrogen-bond acceptors (Lipinski definition) is 3. The van der Waals surface area contributed by atoms with Gasteiger partial charge in [-0.1, -0.05) is 24.3 Å². The molecule has 0 aromatic heterocycles. The molecule has 1 amide bonds. The van der Waals surface area contributed by atoms with Crippen molar-refractivity contribution in [2.75, 3.05) is 0 Å². The lowest BCUT2D eigenvalue weighted by Gasteiger charge is -2.14. The van der Waals surface area contributed by atoms with Crippen molar-refractivity contribution in [3.05, 3.63) is 59.8 Å². The predicted octanol–water partition coefficient (Wildman–Crippen LogP) is 2.32. The molecule has 4 heteroatoms. The summed E-state index contributed by atoms with van der Waals surface area (Å²) in [4.78, 5) is 16.4. The quantitative estimate of drug-likeness (QED) is 0.862. The number of nitrogens with one attached hydrogen (secondary N) is 1. The average molecular weight is 252 g/mol. The molecule has 0 radical (unpaired) electrons. The van der Waals surface area contributed by atoms with Gasteiger partial charge in [0.05, 0.1) is 0 Å². The number of nitrogens with two attached hydrogens (primary N) is 1. The summed E-state index contributed by atoms with van der Waals surface area (Å²) < 4.78 is 0. The van der Waals surface area contributed by atoms with Crippen LogP contribution in [0.15, 0.2) is 48.7 Å². The van der Waals surface area contributed by atoms with Crippen LogP contribution in [0.4, 0.5) is 0 Å². The van der Waals surface area contributed by atoms with Gasteiger partial charge in [-0.05, 0) is 35.4 Å². The van der Waals surface area contributed by atoms with Crippen LogP contribution in [-0.4, -0.2) is 5.91 Å². The minimum atomic E-state index is -0.422. The summed E-state index contributed by atoms with van der Waals surface area (Å²) in [6.45, 7) is 0. The Labute approximate surface area is 110 Å². The molecule has 3 rings (SSSR count). The monoisotopic (exact) mass is 252 g/mol. The second-order valence-corrected chi connectivity index (χ2v) is 4.25. The van der Waals surface area contributed by atoms with E-state index in [4.69, 9.17) is 10.6 Å². The van der Waals surface area contributed by atoms with Gasteiger partial charge in [-0.25, -0.2) is 5.48 Å². The second-order valence-electron chi connectivity index (χ2n) is 4.25. The van der Waals surface area contributed by atoms with Crippen LogP contribution in [0.25, 0.3) is 17.2 Å². The number of fused-ring (bicyclic) bond motifs is 1. The molecule has 1 heterocycles. The topological polar surface area (TPSA) is 64.4 Å². The number of carbonyl (C=O) groups is 1. The Morgan fingerprint density at radius 2 is 1.79 bits per heavy atom. The number of amides is 1. The van der Waals surface area contributed by atoms with Crippen LogP contribution in [0.2, 0.25) is 0 Å². The molecule has 0 spiro atoms. The molecule has 19 heavy (non-hydrogen) atoms. The summed E-state index contributed by atoms with van der Waals surface area (Å²) in [7, 11) is 0. The summed E-state index contributed by atoms with van der Waals surface area (Å²) in [5, 5.41) is 0.